The van der Waals surface area contributed by atoms with Crippen LogP contribution in [-0.4, -0.2) is 36.4 Å². The van der Waals surface area contributed by atoms with Crippen LogP contribution in [0.15, 0.2) is 71.3 Å². The smallest absolute Gasteiger partial charge is 0.291 e. The zero-order valence-electron chi connectivity index (χ0n) is 20.3. The van der Waals surface area contributed by atoms with Gasteiger partial charge in [-0.2, -0.15) is 0 Å². The molecule has 1 saturated heterocycles. The molecule has 7 heteroatoms. The average Bonchev–Trinajstić information content (AvgIpc) is 3.37. The lowest BCUT2D eigenvalue weighted by molar-refractivity contribution is -0.123. The second kappa shape index (κ2) is 11.7. The first-order chi connectivity index (χ1) is 17.0. The predicted octanol–water partition coefficient (Wildman–Crippen LogP) is 4.71. The molecule has 4 rings (SSSR count). The number of anilines is 1. The van der Waals surface area contributed by atoms with Crippen LogP contribution < -0.4 is 15.4 Å². The number of hydrogen-bond donors (Lipinski definition) is 2. The highest BCUT2D eigenvalue weighted by molar-refractivity contribution is 6.02. The van der Waals surface area contributed by atoms with E-state index in [-0.39, 0.29) is 24.2 Å². The normalized spacial score (nSPS) is 18.1. The molecule has 2 N–H and O–H groups in total. The van der Waals surface area contributed by atoms with E-state index in [2.05, 4.69) is 47.6 Å². The summed E-state index contributed by atoms with van der Waals surface area (Å²) in [7, 11) is 0. The second-order valence-electron chi connectivity index (χ2n) is 9.43. The standard InChI is InChI=1S/C28H33N3O4/c1-20-13-21(2)17-31(16-20)18-23-8-4-3-7-22(23)15-29-27(32)19-35-25-10-5-9-24(14-25)30-28(33)26-11-6-12-34-26/h3-12,14,20-21H,13,15-19H2,1-2H3,(H,29,32)(H,30,33). The van der Waals surface area contributed by atoms with E-state index in [4.69, 9.17) is 9.15 Å². The van der Waals surface area contributed by atoms with Gasteiger partial charge in [0, 0.05) is 37.9 Å². The van der Waals surface area contributed by atoms with Gasteiger partial charge in [-0.15, -0.1) is 0 Å². The predicted molar refractivity (Wildman–Crippen MR) is 135 cm³/mol. The number of amides is 2. The van der Waals surface area contributed by atoms with Gasteiger partial charge in [0.25, 0.3) is 11.8 Å². The molecule has 0 radical (unpaired) electrons. The third-order valence-corrected chi connectivity index (χ3v) is 6.14. The minimum atomic E-state index is -0.350. The molecule has 1 aliphatic heterocycles. The van der Waals surface area contributed by atoms with Crippen LogP contribution in [0, 0.1) is 11.8 Å². The molecule has 2 amide bonds. The Morgan fingerprint density at radius 2 is 1.77 bits per heavy atom. The Labute approximate surface area is 206 Å². The van der Waals surface area contributed by atoms with Crippen LogP contribution in [0.2, 0.25) is 0 Å². The number of nitrogens with zero attached hydrogens (tertiary/aromatic N) is 1. The Morgan fingerprint density at radius 1 is 1.00 bits per heavy atom. The van der Waals surface area contributed by atoms with Gasteiger partial charge in [0.2, 0.25) is 0 Å². The van der Waals surface area contributed by atoms with Crippen molar-refractivity contribution in [2.75, 3.05) is 25.0 Å². The molecule has 35 heavy (non-hydrogen) atoms. The summed E-state index contributed by atoms with van der Waals surface area (Å²) >= 11 is 0. The molecule has 2 heterocycles. The van der Waals surface area contributed by atoms with Gasteiger partial charge in [-0.3, -0.25) is 14.5 Å². The number of carbonyl (C=O) groups is 2. The van der Waals surface area contributed by atoms with Gasteiger partial charge in [0.1, 0.15) is 5.75 Å². The van der Waals surface area contributed by atoms with Gasteiger partial charge in [-0.25, -0.2) is 0 Å². The van der Waals surface area contributed by atoms with Crippen LogP contribution >= 0.6 is 0 Å². The number of hydrogen-bond acceptors (Lipinski definition) is 5. The van der Waals surface area contributed by atoms with E-state index >= 15 is 0 Å². The van der Waals surface area contributed by atoms with E-state index in [1.807, 2.05) is 6.07 Å². The number of furan rings is 1. The fourth-order valence-corrected chi connectivity index (χ4v) is 4.70. The maximum atomic E-state index is 12.5. The maximum Gasteiger partial charge on any atom is 0.291 e. The number of piperidine rings is 1. The molecule has 1 aromatic heterocycles. The van der Waals surface area contributed by atoms with E-state index in [1.54, 1.807) is 36.4 Å². The van der Waals surface area contributed by atoms with Gasteiger partial charge in [-0.1, -0.05) is 44.2 Å². The second-order valence-corrected chi connectivity index (χ2v) is 9.43. The van der Waals surface area contributed by atoms with Crippen molar-refractivity contribution in [2.45, 2.75) is 33.4 Å². The van der Waals surface area contributed by atoms with Gasteiger partial charge >= 0.3 is 0 Å². The van der Waals surface area contributed by atoms with Crippen molar-refractivity contribution in [3.05, 3.63) is 83.8 Å². The topological polar surface area (TPSA) is 83.8 Å². The summed E-state index contributed by atoms with van der Waals surface area (Å²) in [4.78, 5) is 27.1. The largest absolute Gasteiger partial charge is 0.484 e. The number of ether oxygens (including phenoxy) is 1. The number of benzene rings is 2. The molecule has 2 unspecified atom stereocenters. The van der Waals surface area contributed by atoms with Crippen LogP contribution in [0.1, 0.15) is 41.9 Å². The van der Waals surface area contributed by atoms with E-state index in [9.17, 15) is 9.59 Å². The number of rotatable bonds is 9. The average molecular weight is 476 g/mol. The Kier molecular flexibility index (Phi) is 8.21. The molecule has 0 aliphatic carbocycles. The lowest BCUT2D eigenvalue weighted by Crippen LogP contribution is -2.38. The summed E-state index contributed by atoms with van der Waals surface area (Å²) in [6, 6.07) is 18.4. The van der Waals surface area contributed by atoms with E-state index in [0.717, 1.165) is 25.2 Å². The highest BCUT2D eigenvalue weighted by Gasteiger charge is 2.22. The van der Waals surface area contributed by atoms with Crippen LogP contribution in [0.25, 0.3) is 0 Å². The Bertz CT molecular complexity index is 1120. The molecule has 0 spiro atoms. The van der Waals surface area contributed by atoms with Crippen molar-refractivity contribution in [1.82, 2.24) is 10.2 Å². The lowest BCUT2D eigenvalue weighted by Gasteiger charge is -2.35. The third kappa shape index (κ3) is 7.20. The molecule has 7 nitrogen and oxygen atoms in total. The zero-order chi connectivity index (χ0) is 24.6. The molecule has 1 aliphatic rings. The fourth-order valence-electron chi connectivity index (χ4n) is 4.70. The lowest BCUT2D eigenvalue weighted by atomic mass is 9.91. The van der Waals surface area contributed by atoms with Gasteiger partial charge in [0.05, 0.1) is 6.26 Å². The molecule has 2 aromatic carbocycles. The minimum Gasteiger partial charge on any atom is -0.484 e. The molecule has 0 bridgehead atoms. The Hall–Kier alpha value is -3.58. The molecule has 2 atom stereocenters. The molecule has 3 aromatic rings. The zero-order valence-corrected chi connectivity index (χ0v) is 20.3. The number of likely N-dealkylation sites (tertiary alicyclic amines) is 1. The Morgan fingerprint density at radius 3 is 2.51 bits per heavy atom. The van der Waals surface area contributed by atoms with Crippen molar-refractivity contribution < 1.29 is 18.7 Å². The molecule has 0 saturated carbocycles. The number of carbonyl (C=O) groups excluding carboxylic acids is 2. The minimum absolute atomic E-state index is 0.112. The van der Waals surface area contributed by atoms with Gasteiger partial charge in [0.15, 0.2) is 12.4 Å². The SMILES string of the molecule is CC1CC(C)CN(Cc2ccccc2CNC(=O)COc2cccc(NC(=O)c3ccco3)c2)C1. The fraction of sp³-hybridized carbons (Fsp3) is 0.357. The van der Waals surface area contributed by atoms with Crippen molar-refractivity contribution in [3.63, 3.8) is 0 Å². The summed E-state index contributed by atoms with van der Waals surface area (Å²) in [6.45, 7) is 8.10. The third-order valence-electron chi connectivity index (χ3n) is 6.14. The molecular weight excluding hydrogens is 442 g/mol. The monoisotopic (exact) mass is 475 g/mol. The summed E-state index contributed by atoms with van der Waals surface area (Å²) in [6.07, 6.45) is 2.73. The highest BCUT2D eigenvalue weighted by atomic mass is 16.5. The van der Waals surface area contributed by atoms with E-state index in [0.29, 0.717) is 29.8 Å². The first kappa shape index (κ1) is 24.5. The van der Waals surface area contributed by atoms with Gasteiger partial charge < -0.3 is 19.8 Å². The van der Waals surface area contributed by atoms with Crippen LogP contribution in [-0.2, 0) is 17.9 Å². The molecular formula is C28H33N3O4. The van der Waals surface area contributed by atoms with Crippen molar-refractivity contribution >= 4 is 17.5 Å². The quantitative estimate of drug-likeness (QED) is 0.469. The number of nitrogens with one attached hydrogen (secondary N) is 2. The van der Waals surface area contributed by atoms with Crippen molar-refractivity contribution in [3.8, 4) is 5.75 Å². The maximum absolute atomic E-state index is 12.5. The van der Waals surface area contributed by atoms with E-state index < -0.39 is 0 Å². The summed E-state index contributed by atoms with van der Waals surface area (Å²) in [5.41, 5.74) is 2.92. The van der Waals surface area contributed by atoms with Crippen LogP contribution in [0.3, 0.4) is 0 Å². The highest BCUT2D eigenvalue weighted by Crippen LogP contribution is 2.23. The summed E-state index contributed by atoms with van der Waals surface area (Å²) < 4.78 is 10.8. The van der Waals surface area contributed by atoms with Crippen molar-refractivity contribution in [2.24, 2.45) is 11.8 Å². The summed E-state index contributed by atoms with van der Waals surface area (Å²) in [5.74, 6) is 1.58. The summed E-state index contributed by atoms with van der Waals surface area (Å²) in [5, 5.41) is 5.71. The first-order valence-corrected chi connectivity index (χ1v) is 12.1. The van der Waals surface area contributed by atoms with Crippen molar-refractivity contribution in [1.29, 1.82) is 0 Å². The first-order valence-electron chi connectivity index (χ1n) is 12.1. The Balaban J connectivity index is 1.27. The van der Waals surface area contributed by atoms with Gasteiger partial charge in [-0.05, 0) is 53.6 Å². The molecule has 184 valence electrons. The molecule has 1 fully saturated rings. The van der Waals surface area contributed by atoms with Crippen LogP contribution in [0.4, 0.5) is 5.69 Å². The van der Waals surface area contributed by atoms with E-state index in [1.165, 1.54) is 18.2 Å². The van der Waals surface area contributed by atoms with Crippen LogP contribution in [0.5, 0.6) is 5.75 Å².